The van der Waals surface area contributed by atoms with Gasteiger partial charge in [0, 0.05) is 92.1 Å². The molecule has 12 aromatic rings. The maximum Gasteiger partial charge on any atom is 0.212 e. The van der Waals surface area contributed by atoms with Gasteiger partial charge in [-0.3, -0.25) is 0 Å². The summed E-state index contributed by atoms with van der Waals surface area (Å²) in [5.74, 6) is -5.50. The average molecular weight is 1290 g/mol. The highest BCUT2D eigenvalue weighted by molar-refractivity contribution is 5.71. The third kappa shape index (κ3) is 17.9. The number of pyridine rings is 4. The number of benzene rings is 8. The van der Waals surface area contributed by atoms with Gasteiger partial charge in [0.15, 0.2) is 24.8 Å². The van der Waals surface area contributed by atoms with Gasteiger partial charge in [0.05, 0.1) is 0 Å². The van der Waals surface area contributed by atoms with Crippen molar-refractivity contribution in [2.24, 2.45) is 34.1 Å². The van der Waals surface area contributed by atoms with Crippen molar-refractivity contribution in [1.29, 1.82) is 0 Å². The van der Waals surface area contributed by atoms with Crippen LogP contribution < -0.4 is 18.3 Å². The summed E-state index contributed by atoms with van der Waals surface area (Å²) in [6.07, 6.45) is 1.24. The minimum absolute atomic E-state index is 0.185. The van der Waals surface area contributed by atoms with Crippen LogP contribution in [-0.4, -0.2) is 0 Å². The number of rotatable bonds is 14. The Kier molecular flexibility index (Phi) is 17.4. The molecule has 1 unspecified atom stereocenters. The molecule has 1 atom stereocenters. The number of nitrogens with zero attached hydrogens (tertiary/aromatic N) is 4. The van der Waals surface area contributed by atoms with E-state index in [0.29, 0.717) is 23.1 Å². The second-order valence-corrected chi connectivity index (χ2v) is 25.2. The lowest BCUT2D eigenvalue weighted by Gasteiger charge is -2.22. The maximum atomic E-state index is 8.98. The summed E-state index contributed by atoms with van der Waals surface area (Å²) in [6, 6.07) is 77.3. The van der Waals surface area contributed by atoms with E-state index in [9.17, 15) is 0 Å². The van der Waals surface area contributed by atoms with Crippen LogP contribution in [0, 0.1) is 47.4 Å². The predicted octanol–water partition coefficient (Wildman–Crippen LogP) is 22.4. The lowest BCUT2D eigenvalue weighted by Crippen LogP contribution is -2.30. The molecule has 8 aromatic carbocycles. The molecule has 492 valence electrons. The fraction of sp³-hybridized carbons (Fsp3) is 0.269. The molecule has 97 heavy (non-hydrogen) atoms. The van der Waals surface area contributed by atoms with E-state index in [4.69, 9.17) is 23.3 Å². The molecule has 0 N–H and O–H groups in total. The average Bonchev–Trinajstić information content (AvgIpc) is 0.723. The van der Waals surface area contributed by atoms with Crippen LogP contribution in [0.2, 0.25) is 0 Å². The number of hydrogen-bond acceptors (Lipinski definition) is 0. The first-order valence-electron chi connectivity index (χ1n) is 41.9. The molecular weight excluding hydrogens is 1170 g/mol. The standard InChI is InChI=1S/C25H28N.C24H28N.C23H26N.C21H22N/c1-19-9-6-7-14-24(19)25-16-15-23(18-26(25)2)22-13-8-12-21(17-22)20-10-4-3-5-11-20;1-5-19(6-2)20-11-9-12-21(16-20)22-14-15-24(25(4)17-22)23-13-8-7-10-18(23)3;1-17(2)14-19-9-7-10-20(15-19)21-12-13-23(24(4)16-21)22-11-6-5-8-18(22)3;1-15-9-10-18(13-17(15)3)19-11-12-21(22(4)14-19)20-8-6-5-7-16(20)2/h6-9,12-18,20H,3-5,10-11H2,1-2H3;7-17,19H,5-6H2,1-4H3;5-13,15-17H,14H2,1-4H3;5-14H,1-4H3/q4*+1/i10D2,11D2,20D;5D2,6D2,19D;1D3,17D;1D3. The molecule has 0 spiro atoms. The SMILES string of the molecule is [2H]C([2H])(C)C([2H])(c1cccc(-c2ccc(-c3ccccc3C)[n+](C)c2)c1)C([2H])([2H])C.[2H]C([2H])([2H])C([2H])(C)Cc1cccc(-c2ccc(-c3ccccc3C)[n+](C)c2)c1.[2H]C([2H])([2H])c1ccc(-c2ccc(-c3ccccc3C)[n+](C)c2)cc1C.[2H]C1([2H])CCCC([2H])([2H])C1([2H])c1cccc(-c2ccc(-c3ccccc3C)[n+](C)c2)c1. The van der Waals surface area contributed by atoms with E-state index >= 15 is 0 Å². The normalized spacial score (nSPS) is 17.3. The van der Waals surface area contributed by atoms with E-state index in [-0.39, 0.29) is 19.3 Å². The van der Waals surface area contributed by atoms with Gasteiger partial charge in [0.2, 0.25) is 22.8 Å². The second-order valence-electron chi connectivity index (χ2n) is 25.2. The molecule has 4 aromatic heterocycles. The van der Waals surface area contributed by atoms with E-state index < -0.39 is 56.9 Å². The molecule has 0 radical (unpaired) electrons. The number of aromatic nitrogens is 4. The second kappa shape index (κ2) is 33.4. The Bertz CT molecular complexity index is 5410. The topological polar surface area (TPSA) is 15.5 Å². The minimum Gasteiger partial charge on any atom is -0.200 e. The van der Waals surface area contributed by atoms with Gasteiger partial charge >= 0.3 is 0 Å². The lowest BCUT2D eigenvalue weighted by atomic mass is 9.83. The van der Waals surface area contributed by atoms with Gasteiger partial charge in [-0.2, -0.15) is 0 Å². The first-order chi connectivity index (χ1) is 53.3. The van der Waals surface area contributed by atoms with Crippen LogP contribution in [0.15, 0.2) is 261 Å². The molecular formula is C93H104N4+4. The summed E-state index contributed by atoms with van der Waals surface area (Å²) < 4.78 is 146. The van der Waals surface area contributed by atoms with E-state index in [1.54, 1.807) is 42.5 Å². The van der Waals surface area contributed by atoms with Crippen molar-refractivity contribution in [3.8, 4) is 89.5 Å². The Hall–Kier alpha value is -9.64. The van der Waals surface area contributed by atoms with Crippen molar-refractivity contribution < 1.29 is 41.6 Å². The summed E-state index contributed by atoms with van der Waals surface area (Å²) in [7, 11) is 8.05. The molecule has 0 bridgehead atoms. The van der Waals surface area contributed by atoms with Crippen molar-refractivity contribution in [2.45, 2.75) is 132 Å². The Morgan fingerprint density at radius 1 is 0.402 bits per heavy atom. The van der Waals surface area contributed by atoms with Crippen LogP contribution in [-0.2, 0) is 34.6 Å². The quantitative estimate of drug-likeness (QED) is 0.0965. The maximum absolute atomic E-state index is 8.98. The van der Waals surface area contributed by atoms with Crippen LogP contribution in [0.5, 0.6) is 0 Å². The summed E-state index contributed by atoms with van der Waals surface area (Å²) in [5.41, 5.74) is 24.6. The first kappa shape index (κ1) is 50.7. The molecule has 0 saturated heterocycles. The minimum atomic E-state index is -2.31. The Balaban J connectivity index is 0.000000161. The largest absolute Gasteiger partial charge is 0.212 e. The highest BCUT2D eigenvalue weighted by Gasteiger charge is 2.21. The van der Waals surface area contributed by atoms with Crippen molar-refractivity contribution in [2.75, 3.05) is 0 Å². The third-order valence-electron chi connectivity index (χ3n) is 17.9. The number of hydrogen-bond donors (Lipinski definition) is 0. The summed E-state index contributed by atoms with van der Waals surface area (Å²) in [5, 5.41) is 0. The van der Waals surface area contributed by atoms with Crippen LogP contribution in [0.25, 0.3) is 89.5 Å². The van der Waals surface area contributed by atoms with Gasteiger partial charge in [0.1, 0.15) is 28.2 Å². The Morgan fingerprint density at radius 3 is 1.18 bits per heavy atom. The molecule has 1 aliphatic carbocycles. The monoisotopic (exact) mass is 1290 g/mol. The van der Waals surface area contributed by atoms with E-state index in [0.717, 1.165) is 84.0 Å². The summed E-state index contributed by atoms with van der Waals surface area (Å²) >= 11 is 0. The van der Waals surface area contributed by atoms with Gasteiger partial charge in [-0.05, 0) is 212 Å². The Labute approximate surface area is 606 Å². The van der Waals surface area contributed by atoms with Crippen LogP contribution in [0.3, 0.4) is 0 Å². The van der Waals surface area contributed by atoms with E-state index in [1.165, 1.54) is 59.7 Å². The van der Waals surface area contributed by atoms with Gasteiger partial charge in [0.25, 0.3) is 0 Å². The van der Waals surface area contributed by atoms with Gasteiger partial charge in [-0.1, -0.05) is 211 Å². The molecule has 1 aliphatic rings. The van der Waals surface area contributed by atoms with Gasteiger partial charge in [-0.25, -0.2) is 18.3 Å². The molecule has 4 nitrogen and oxygen atoms in total. The van der Waals surface area contributed by atoms with Crippen LogP contribution in [0.1, 0.15) is 158 Å². The molecule has 1 saturated carbocycles. The van der Waals surface area contributed by atoms with Crippen LogP contribution >= 0.6 is 0 Å². The van der Waals surface area contributed by atoms with E-state index in [1.807, 2.05) is 157 Å². The zero-order valence-electron chi connectivity index (χ0n) is 75.4. The molecule has 0 aliphatic heterocycles. The zero-order valence-corrected chi connectivity index (χ0v) is 58.4. The summed E-state index contributed by atoms with van der Waals surface area (Å²) in [6.45, 7) is 9.87. The molecule has 13 rings (SSSR count). The van der Waals surface area contributed by atoms with Crippen molar-refractivity contribution in [3.05, 3.63) is 311 Å². The lowest BCUT2D eigenvalue weighted by molar-refractivity contribution is -0.660. The van der Waals surface area contributed by atoms with E-state index in [2.05, 4.69) is 143 Å². The molecule has 1 fully saturated rings. The fourth-order valence-electron chi connectivity index (χ4n) is 12.6. The molecule has 4 heteroatoms. The number of aryl methyl sites for hydroxylation is 10. The zero-order chi connectivity index (χ0) is 83.5. The smallest absolute Gasteiger partial charge is 0.200 e. The predicted molar refractivity (Wildman–Crippen MR) is 410 cm³/mol. The Morgan fingerprint density at radius 2 is 0.784 bits per heavy atom. The third-order valence-corrected chi connectivity index (χ3v) is 17.9. The molecule has 0 amide bonds. The highest BCUT2D eigenvalue weighted by Crippen LogP contribution is 2.36. The van der Waals surface area contributed by atoms with Crippen molar-refractivity contribution in [3.63, 3.8) is 0 Å². The summed E-state index contributed by atoms with van der Waals surface area (Å²) in [4.78, 5) is 0. The first-order valence-corrected chi connectivity index (χ1v) is 33.4. The van der Waals surface area contributed by atoms with Gasteiger partial charge in [-0.15, -0.1) is 0 Å². The van der Waals surface area contributed by atoms with Crippen molar-refractivity contribution in [1.82, 2.24) is 0 Å². The molecule has 4 heterocycles. The fourth-order valence-corrected chi connectivity index (χ4v) is 12.6. The van der Waals surface area contributed by atoms with Crippen molar-refractivity contribution >= 4 is 0 Å². The highest BCUT2D eigenvalue weighted by atomic mass is 14.9. The van der Waals surface area contributed by atoms with Crippen LogP contribution in [0.4, 0.5) is 0 Å². The van der Waals surface area contributed by atoms with Gasteiger partial charge < -0.3 is 0 Å².